The van der Waals surface area contributed by atoms with Gasteiger partial charge in [-0.3, -0.25) is 9.52 Å². The van der Waals surface area contributed by atoms with Gasteiger partial charge in [0.1, 0.15) is 0 Å². The molecule has 9 heteroatoms. The topological polar surface area (TPSA) is 117 Å². The number of benzene rings is 2. The van der Waals surface area contributed by atoms with Gasteiger partial charge >= 0.3 is 5.97 Å². The van der Waals surface area contributed by atoms with Gasteiger partial charge in [0.2, 0.25) is 0 Å². The Morgan fingerprint density at radius 2 is 1.86 bits per heavy atom. The van der Waals surface area contributed by atoms with Crippen molar-refractivity contribution in [2.24, 2.45) is 0 Å². The molecule has 0 spiro atoms. The highest BCUT2D eigenvalue weighted by atomic mass is 32.2. The lowest BCUT2D eigenvalue weighted by Crippen LogP contribution is -2.31. The maximum Gasteiger partial charge on any atom is 0.338 e. The Morgan fingerprint density at radius 1 is 1.14 bits per heavy atom. The number of nitrogens with zero attached hydrogens (tertiary/aromatic N) is 2. The van der Waals surface area contributed by atoms with Crippen LogP contribution >= 0.6 is 0 Å². The van der Waals surface area contributed by atoms with Gasteiger partial charge in [-0.2, -0.15) is 5.26 Å². The maximum absolute atomic E-state index is 12.4. The van der Waals surface area contributed by atoms with Crippen LogP contribution in [0, 0.1) is 11.3 Å². The lowest BCUT2D eigenvalue weighted by atomic mass is 10.2. The van der Waals surface area contributed by atoms with Crippen LogP contribution in [0.5, 0.6) is 0 Å². The van der Waals surface area contributed by atoms with Crippen molar-refractivity contribution in [3.05, 3.63) is 60.2 Å². The van der Waals surface area contributed by atoms with Gasteiger partial charge in [0.15, 0.2) is 6.61 Å². The van der Waals surface area contributed by atoms with E-state index in [4.69, 9.17) is 10.00 Å². The molecule has 1 N–H and O–H groups in total. The summed E-state index contributed by atoms with van der Waals surface area (Å²) >= 11 is 0. The first-order valence-corrected chi connectivity index (χ1v) is 9.78. The van der Waals surface area contributed by atoms with Crippen molar-refractivity contribution >= 4 is 27.6 Å². The molecule has 146 valence electrons. The number of rotatable bonds is 8. The summed E-state index contributed by atoms with van der Waals surface area (Å²) in [6.07, 6.45) is 0.180. The highest BCUT2D eigenvalue weighted by Gasteiger charge is 2.16. The molecule has 0 atom stereocenters. The smallest absolute Gasteiger partial charge is 0.338 e. The normalized spacial score (nSPS) is 10.6. The largest absolute Gasteiger partial charge is 0.452 e. The molecule has 0 unspecified atom stereocenters. The van der Waals surface area contributed by atoms with Gasteiger partial charge in [0, 0.05) is 19.3 Å². The third-order valence-corrected chi connectivity index (χ3v) is 5.11. The zero-order chi connectivity index (χ0) is 20.6. The average Bonchev–Trinajstić information content (AvgIpc) is 2.70. The van der Waals surface area contributed by atoms with E-state index in [0.717, 1.165) is 0 Å². The lowest BCUT2D eigenvalue weighted by molar-refractivity contribution is -0.133. The first-order chi connectivity index (χ1) is 13.3. The summed E-state index contributed by atoms with van der Waals surface area (Å²) in [6, 6.07) is 15.5. The number of nitrogens with one attached hydrogen (secondary N) is 1. The minimum atomic E-state index is -3.79. The van der Waals surface area contributed by atoms with Crippen LogP contribution in [0.4, 0.5) is 5.69 Å². The number of sulfonamides is 1. The molecule has 0 aliphatic rings. The Labute approximate surface area is 163 Å². The molecule has 8 nitrogen and oxygen atoms in total. The van der Waals surface area contributed by atoms with Crippen molar-refractivity contribution in [3.8, 4) is 6.07 Å². The average molecular weight is 401 g/mol. The molecule has 2 aromatic carbocycles. The Balaban J connectivity index is 2.02. The van der Waals surface area contributed by atoms with E-state index in [2.05, 4.69) is 4.72 Å². The van der Waals surface area contributed by atoms with Crippen LogP contribution in [-0.4, -0.2) is 45.4 Å². The Kier molecular flexibility index (Phi) is 7.12. The Hall–Kier alpha value is -3.38. The molecule has 0 saturated carbocycles. The van der Waals surface area contributed by atoms with Gasteiger partial charge in [-0.05, 0) is 30.3 Å². The first kappa shape index (κ1) is 20.9. The van der Waals surface area contributed by atoms with Crippen LogP contribution in [0.15, 0.2) is 59.5 Å². The Bertz CT molecular complexity index is 984. The van der Waals surface area contributed by atoms with Crippen molar-refractivity contribution < 1.29 is 22.7 Å². The van der Waals surface area contributed by atoms with E-state index >= 15 is 0 Å². The summed E-state index contributed by atoms with van der Waals surface area (Å²) in [4.78, 5) is 25.4. The number of anilines is 1. The minimum absolute atomic E-state index is 0.0917. The molecule has 0 saturated heterocycles. The van der Waals surface area contributed by atoms with Gasteiger partial charge in [-0.25, -0.2) is 13.2 Å². The second-order valence-electron chi connectivity index (χ2n) is 5.80. The summed E-state index contributed by atoms with van der Waals surface area (Å²) in [5.74, 6) is -1.20. The fourth-order valence-corrected chi connectivity index (χ4v) is 3.26. The summed E-state index contributed by atoms with van der Waals surface area (Å²) < 4.78 is 32.1. The molecular formula is C19H19N3O5S. The molecule has 0 aliphatic heterocycles. The standard InChI is InChI=1S/C19H19N3O5S/c1-22(12-6-11-20)18(23)14-27-19(24)15-7-5-8-16(13-15)21-28(25,26)17-9-3-2-4-10-17/h2-5,7-10,13,21H,6,12,14H2,1H3. The molecule has 2 rings (SSSR count). The number of carbonyl (C=O) groups is 2. The SMILES string of the molecule is CN(CCC#N)C(=O)COC(=O)c1cccc(NS(=O)(=O)c2ccccc2)c1. The molecule has 0 bridgehead atoms. The summed E-state index contributed by atoms with van der Waals surface area (Å²) in [5, 5.41) is 8.52. The number of amides is 1. The molecule has 1 amide bonds. The van der Waals surface area contributed by atoms with Crippen molar-refractivity contribution in [2.75, 3.05) is 24.9 Å². The zero-order valence-corrected chi connectivity index (χ0v) is 16.0. The second-order valence-corrected chi connectivity index (χ2v) is 7.48. The molecule has 2 aromatic rings. The number of hydrogen-bond donors (Lipinski definition) is 1. The predicted molar refractivity (Wildman–Crippen MR) is 102 cm³/mol. The molecule has 0 radical (unpaired) electrons. The number of carbonyl (C=O) groups excluding carboxylic acids is 2. The third-order valence-electron chi connectivity index (χ3n) is 3.72. The lowest BCUT2D eigenvalue weighted by Gasteiger charge is -2.15. The quantitative estimate of drug-likeness (QED) is 0.677. The van der Waals surface area contributed by atoms with E-state index < -0.39 is 28.5 Å². The monoisotopic (exact) mass is 401 g/mol. The molecule has 0 heterocycles. The van der Waals surface area contributed by atoms with Crippen LogP contribution in [0.25, 0.3) is 0 Å². The van der Waals surface area contributed by atoms with Gasteiger partial charge in [0.25, 0.3) is 15.9 Å². The van der Waals surface area contributed by atoms with Gasteiger partial charge in [-0.15, -0.1) is 0 Å². The minimum Gasteiger partial charge on any atom is -0.452 e. The van der Waals surface area contributed by atoms with E-state index in [0.29, 0.717) is 0 Å². The van der Waals surface area contributed by atoms with Crippen molar-refractivity contribution in [1.29, 1.82) is 5.26 Å². The summed E-state index contributed by atoms with van der Waals surface area (Å²) in [7, 11) is -2.28. The van der Waals surface area contributed by atoms with Crippen molar-refractivity contribution in [1.82, 2.24) is 4.90 Å². The zero-order valence-electron chi connectivity index (χ0n) is 15.2. The fraction of sp³-hybridized carbons (Fsp3) is 0.211. The van der Waals surface area contributed by atoms with E-state index in [1.165, 1.54) is 48.3 Å². The van der Waals surface area contributed by atoms with Gasteiger partial charge in [0.05, 0.1) is 22.9 Å². The molecule has 0 fully saturated rings. The fourth-order valence-electron chi connectivity index (χ4n) is 2.19. The van der Waals surface area contributed by atoms with Crippen molar-refractivity contribution in [3.63, 3.8) is 0 Å². The number of nitriles is 1. The maximum atomic E-state index is 12.4. The Morgan fingerprint density at radius 3 is 2.54 bits per heavy atom. The van der Waals surface area contributed by atoms with Gasteiger partial charge in [-0.1, -0.05) is 24.3 Å². The van der Waals surface area contributed by atoms with Crippen LogP contribution in [0.2, 0.25) is 0 Å². The first-order valence-electron chi connectivity index (χ1n) is 8.29. The van der Waals surface area contributed by atoms with Crippen LogP contribution in [0.1, 0.15) is 16.8 Å². The highest BCUT2D eigenvalue weighted by Crippen LogP contribution is 2.17. The number of hydrogen-bond acceptors (Lipinski definition) is 6. The van der Waals surface area contributed by atoms with E-state index in [1.54, 1.807) is 18.2 Å². The van der Waals surface area contributed by atoms with Gasteiger partial charge < -0.3 is 9.64 Å². The highest BCUT2D eigenvalue weighted by molar-refractivity contribution is 7.92. The van der Waals surface area contributed by atoms with Crippen LogP contribution in [-0.2, 0) is 19.6 Å². The van der Waals surface area contributed by atoms with Crippen LogP contribution in [0.3, 0.4) is 0 Å². The van der Waals surface area contributed by atoms with E-state index in [-0.39, 0.29) is 29.1 Å². The molecule has 0 aliphatic carbocycles. The number of ether oxygens (including phenoxy) is 1. The van der Waals surface area contributed by atoms with E-state index in [9.17, 15) is 18.0 Å². The molecular weight excluding hydrogens is 382 g/mol. The second kappa shape index (κ2) is 9.53. The summed E-state index contributed by atoms with van der Waals surface area (Å²) in [6.45, 7) is -0.232. The molecule has 28 heavy (non-hydrogen) atoms. The van der Waals surface area contributed by atoms with E-state index in [1.807, 2.05) is 6.07 Å². The third kappa shape index (κ3) is 5.82. The van der Waals surface area contributed by atoms with Crippen molar-refractivity contribution in [2.45, 2.75) is 11.3 Å². The predicted octanol–water partition coefficient (Wildman–Crippen LogP) is 2.02. The van der Waals surface area contributed by atoms with Crippen LogP contribution < -0.4 is 4.72 Å². The summed E-state index contributed by atoms with van der Waals surface area (Å²) in [5.41, 5.74) is 0.288. The number of likely N-dealkylation sites (N-methyl/N-ethyl adjacent to an activating group) is 1. The molecule has 0 aromatic heterocycles. The number of esters is 1.